The maximum absolute atomic E-state index is 11.9. The number of carbonyl (C=O) groups is 2. The number of alkyl carbamates (subject to hydrolysis) is 1. The number of esters is 1. The average molecular weight is 472 g/mol. The third-order valence-electron chi connectivity index (χ3n) is 4.96. The summed E-state index contributed by atoms with van der Waals surface area (Å²) in [6, 6.07) is 9.59. The largest absolute Gasteiger partial charge is 0.479 e. The Kier molecular flexibility index (Phi) is 9.03. The Morgan fingerprint density at radius 3 is 2.35 bits per heavy atom. The maximum atomic E-state index is 11.9. The second kappa shape index (κ2) is 12.2. The summed E-state index contributed by atoms with van der Waals surface area (Å²) in [4.78, 5) is 36.7. The minimum Gasteiger partial charge on any atom is -0.479 e. The summed E-state index contributed by atoms with van der Waals surface area (Å²) in [7, 11) is 0. The first-order valence-electron chi connectivity index (χ1n) is 11.4. The van der Waals surface area contributed by atoms with Crippen LogP contribution in [0.2, 0.25) is 0 Å². The molecule has 0 aliphatic carbocycles. The van der Waals surface area contributed by atoms with Gasteiger partial charge in [0.15, 0.2) is 12.4 Å². The van der Waals surface area contributed by atoms with Gasteiger partial charge in [-0.25, -0.2) is 19.6 Å². The van der Waals surface area contributed by atoms with Crippen LogP contribution in [0.15, 0.2) is 42.7 Å². The number of nitrogens with zero attached hydrogens (tertiary/aromatic N) is 4. The SMILES string of the molecule is CC(C)(C)OC(=O)COc1cnc(N2CCN(CCNC(=O)OCc3ccccc3)CC2)nc1. The van der Waals surface area contributed by atoms with Crippen molar-refractivity contribution < 1.29 is 23.8 Å². The van der Waals surface area contributed by atoms with Crippen molar-refractivity contribution in [3.8, 4) is 5.75 Å². The monoisotopic (exact) mass is 471 g/mol. The minimum absolute atomic E-state index is 0.188. The number of rotatable bonds is 9. The molecule has 1 aromatic carbocycles. The summed E-state index contributed by atoms with van der Waals surface area (Å²) >= 11 is 0. The zero-order valence-electron chi connectivity index (χ0n) is 20.0. The van der Waals surface area contributed by atoms with Crippen molar-refractivity contribution in [2.45, 2.75) is 33.0 Å². The van der Waals surface area contributed by atoms with Crippen molar-refractivity contribution in [2.24, 2.45) is 0 Å². The molecule has 0 atom stereocenters. The molecule has 1 aliphatic heterocycles. The minimum atomic E-state index is -0.551. The number of carbonyl (C=O) groups excluding carboxylic acids is 2. The number of ether oxygens (including phenoxy) is 3. The highest BCUT2D eigenvalue weighted by Gasteiger charge is 2.20. The van der Waals surface area contributed by atoms with E-state index in [-0.39, 0.29) is 13.2 Å². The molecule has 0 saturated carbocycles. The first kappa shape index (κ1) is 25.2. The summed E-state index contributed by atoms with van der Waals surface area (Å²) in [5, 5.41) is 2.79. The van der Waals surface area contributed by atoms with E-state index in [1.54, 1.807) is 33.2 Å². The van der Waals surface area contributed by atoms with Crippen LogP contribution in [0.5, 0.6) is 5.75 Å². The summed E-state index contributed by atoms with van der Waals surface area (Å²) in [5.41, 5.74) is 0.406. The van der Waals surface area contributed by atoms with Crippen molar-refractivity contribution in [3.63, 3.8) is 0 Å². The van der Waals surface area contributed by atoms with Crippen molar-refractivity contribution >= 4 is 18.0 Å². The zero-order chi connectivity index (χ0) is 24.4. The van der Waals surface area contributed by atoms with Gasteiger partial charge in [0.1, 0.15) is 12.2 Å². The molecular weight excluding hydrogens is 438 g/mol. The van der Waals surface area contributed by atoms with E-state index in [2.05, 4.69) is 25.1 Å². The van der Waals surface area contributed by atoms with Crippen molar-refractivity contribution in [2.75, 3.05) is 50.8 Å². The molecule has 34 heavy (non-hydrogen) atoms. The summed E-state index contributed by atoms with van der Waals surface area (Å²) in [5.74, 6) is 0.594. The number of aromatic nitrogens is 2. The van der Waals surface area contributed by atoms with Gasteiger partial charge in [0, 0.05) is 39.3 Å². The van der Waals surface area contributed by atoms with E-state index in [0.29, 0.717) is 18.2 Å². The molecule has 10 nitrogen and oxygen atoms in total. The number of hydrogen-bond acceptors (Lipinski definition) is 9. The van der Waals surface area contributed by atoms with E-state index in [1.165, 1.54) is 0 Å². The number of amides is 1. The molecule has 3 rings (SSSR count). The number of hydrogen-bond donors (Lipinski definition) is 1. The second-order valence-corrected chi connectivity index (χ2v) is 8.91. The summed E-state index contributed by atoms with van der Waals surface area (Å²) in [6.07, 6.45) is 2.71. The lowest BCUT2D eigenvalue weighted by molar-refractivity contribution is -0.157. The van der Waals surface area contributed by atoms with Gasteiger partial charge in [-0.15, -0.1) is 0 Å². The fourth-order valence-corrected chi connectivity index (χ4v) is 3.32. The van der Waals surface area contributed by atoms with Crippen LogP contribution in [-0.2, 0) is 20.9 Å². The van der Waals surface area contributed by atoms with Crippen LogP contribution in [0.1, 0.15) is 26.3 Å². The van der Waals surface area contributed by atoms with E-state index < -0.39 is 17.7 Å². The van der Waals surface area contributed by atoms with Crippen LogP contribution in [-0.4, -0.2) is 78.4 Å². The van der Waals surface area contributed by atoms with Gasteiger partial charge >= 0.3 is 12.1 Å². The van der Waals surface area contributed by atoms with Crippen LogP contribution < -0.4 is 15.0 Å². The van der Waals surface area contributed by atoms with E-state index in [0.717, 1.165) is 38.3 Å². The lowest BCUT2D eigenvalue weighted by Crippen LogP contribution is -2.49. The number of benzene rings is 1. The molecular formula is C24H33N5O5. The zero-order valence-corrected chi connectivity index (χ0v) is 20.0. The lowest BCUT2D eigenvalue weighted by atomic mass is 10.2. The Bertz CT molecular complexity index is 910. The molecule has 1 amide bonds. The quantitative estimate of drug-likeness (QED) is 0.551. The van der Waals surface area contributed by atoms with Crippen LogP contribution in [0.4, 0.5) is 10.7 Å². The van der Waals surface area contributed by atoms with Crippen molar-refractivity contribution in [1.29, 1.82) is 0 Å². The fourth-order valence-electron chi connectivity index (χ4n) is 3.32. The van der Waals surface area contributed by atoms with E-state index in [1.807, 2.05) is 30.3 Å². The van der Waals surface area contributed by atoms with Gasteiger partial charge in [0.2, 0.25) is 5.95 Å². The highest BCUT2D eigenvalue weighted by Crippen LogP contribution is 2.15. The molecule has 0 spiro atoms. The Labute approximate surface area is 200 Å². The predicted molar refractivity (Wildman–Crippen MR) is 127 cm³/mol. The summed E-state index contributed by atoms with van der Waals surface area (Å²) < 4.78 is 15.8. The topological polar surface area (TPSA) is 106 Å². The smallest absolute Gasteiger partial charge is 0.407 e. The molecule has 184 valence electrons. The Morgan fingerprint density at radius 2 is 1.71 bits per heavy atom. The maximum Gasteiger partial charge on any atom is 0.407 e. The lowest BCUT2D eigenvalue weighted by Gasteiger charge is -2.34. The Morgan fingerprint density at radius 1 is 1.03 bits per heavy atom. The number of piperazine rings is 1. The van der Waals surface area contributed by atoms with Crippen LogP contribution in [0.3, 0.4) is 0 Å². The summed E-state index contributed by atoms with van der Waals surface area (Å²) in [6.45, 7) is 9.97. The van der Waals surface area contributed by atoms with E-state index in [9.17, 15) is 9.59 Å². The van der Waals surface area contributed by atoms with Crippen LogP contribution in [0, 0.1) is 0 Å². The first-order chi connectivity index (χ1) is 16.3. The second-order valence-electron chi connectivity index (χ2n) is 8.91. The normalized spacial score (nSPS) is 14.4. The molecule has 0 bridgehead atoms. The molecule has 1 N–H and O–H groups in total. The third-order valence-corrected chi connectivity index (χ3v) is 4.96. The molecule has 0 unspecified atom stereocenters. The predicted octanol–water partition coefficient (Wildman–Crippen LogP) is 2.25. The highest BCUT2D eigenvalue weighted by molar-refractivity contribution is 5.71. The molecule has 1 aliphatic rings. The third kappa shape index (κ3) is 8.86. The van der Waals surface area contributed by atoms with Gasteiger partial charge in [0.05, 0.1) is 12.4 Å². The van der Waals surface area contributed by atoms with Crippen molar-refractivity contribution in [3.05, 3.63) is 48.3 Å². The highest BCUT2D eigenvalue weighted by atomic mass is 16.6. The van der Waals surface area contributed by atoms with Crippen LogP contribution in [0.25, 0.3) is 0 Å². The van der Waals surface area contributed by atoms with Gasteiger partial charge in [0.25, 0.3) is 0 Å². The molecule has 10 heteroatoms. The number of nitrogens with one attached hydrogen (secondary N) is 1. The molecule has 2 heterocycles. The Balaban J connectivity index is 1.31. The van der Waals surface area contributed by atoms with Crippen molar-refractivity contribution in [1.82, 2.24) is 20.2 Å². The van der Waals surface area contributed by atoms with Gasteiger partial charge in [-0.3, -0.25) is 4.90 Å². The Hall–Kier alpha value is -3.40. The molecule has 0 radical (unpaired) electrons. The van der Waals surface area contributed by atoms with E-state index in [4.69, 9.17) is 14.2 Å². The standard InChI is InChI=1S/C24H33N5O5/c1-24(2,3)34-21(30)18-32-20-15-26-22(27-16-20)29-13-11-28(12-14-29)10-9-25-23(31)33-17-19-7-5-4-6-8-19/h4-8,15-16H,9-14,17-18H2,1-3H3,(H,25,31). The molecule has 1 aromatic heterocycles. The van der Waals surface area contributed by atoms with Gasteiger partial charge in [-0.1, -0.05) is 30.3 Å². The fraction of sp³-hybridized carbons (Fsp3) is 0.500. The van der Waals surface area contributed by atoms with E-state index >= 15 is 0 Å². The van der Waals surface area contributed by atoms with Gasteiger partial charge < -0.3 is 24.4 Å². The first-order valence-corrected chi connectivity index (χ1v) is 11.4. The van der Waals surface area contributed by atoms with Crippen LogP contribution >= 0.6 is 0 Å². The molecule has 2 aromatic rings. The average Bonchev–Trinajstić information content (AvgIpc) is 2.82. The molecule has 1 fully saturated rings. The molecule has 1 saturated heterocycles. The van der Waals surface area contributed by atoms with Gasteiger partial charge in [-0.2, -0.15) is 0 Å². The number of anilines is 1. The van der Waals surface area contributed by atoms with Gasteiger partial charge in [-0.05, 0) is 26.3 Å².